The van der Waals surface area contributed by atoms with Crippen LogP contribution in [0, 0.1) is 5.92 Å². The maximum Gasteiger partial charge on any atom is 0.0212 e. The summed E-state index contributed by atoms with van der Waals surface area (Å²) in [6.45, 7) is 5.81. The number of nitrogens with zero attached hydrogens (tertiary/aromatic N) is 1. The molecule has 0 bridgehead atoms. The molecule has 1 saturated carbocycles. The van der Waals surface area contributed by atoms with Crippen molar-refractivity contribution < 1.29 is 0 Å². The van der Waals surface area contributed by atoms with Gasteiger partial charge >= 0.3 is 0 Å². The first-order chi connectivity index (χ1) is 7.13. The average Bonchev–Trinajstić information content (AvgIpc) is 2.21. The standard InChI is InChI=1S/C13H28N2/c1-5-13(15(3)4)10-14-12-8-6-11(2)7-9-12/h11-14H,5-10H2,1-4H3. The Labute approximate surface area is 95.4 Å². The molecule has 15 heavy (non-hydrogen) atoms. The molecule has 0 radical (unpaired) electrons. The van der Waals surface area contributed by atoms with Crippen molar-refractivity contribution in [2.45, 2.75) is 58.0 Å². The Morgan fingerprint density at radius 3 is 2.27 bits per heavy atom. The van der Waals surface area contributed by atoms with E-state index in [2.05, 4.69) is 38.2 Å². The fraction of sp³-hybridized carbons (Fsp3) is 1.00. The predicted molar refractivity (Wildman–Crippen MR) is 67.2 cm³/mol. The molecule has 2 nitrogen and oxygen atoms in total. The molecule has 1 aliphatic carbocycles. The summed E-state index contributed by atoms with van der Waals surface area (Å²) in [5, 5.41) is 3.73. The van der Waals surface area contributed by atoms with Gasteiger partial charge in [0.25, 0.3) is 0 Å². The number of likely N-dealkylation sites (N-methyl/N-ethyl adjacent to an activating group) is 1. The number of hydrogen-bond donors (Lipinski definition) is 1. The molecule has 0 saturated heterocycles. The van der Waals surface area contributed by atoms with E-state index < -0.39 is 0 Å². The van der Waals surface area contributed by atoms with Crippen LogP contribution >= 0.6 is 0 Å². The van der Waals surface area contributed by atoms with Gasteiger partial charge in [-0.1, -0.05) is 13.8 Å². The molecule has 1 N–H and O–H groups in total. The van der Waals surface area contributed by atoms with Crippen LogP contribution in [0.2, 0.25) is 0 Å². The van der Waals surface area contributed by atoms with Gasteiger partial charge in [-0.15, -0.1) is 0 Å². The van der Waals surface area contributed by atoms with E-state index in [4.69, 9.17) is 0 Å². The Bertz CT molecular complexity index is 160. The summed E-state index contributed by atoms with van der Waals surface area (Å²) in [4.78, 5) is 2.33. The van der Waals surface area contributed by atoms with E-state index in [9.17, 15) is 0 Å². The monoisotopic (exact) mass is 212 g/mol. The molecule has 0 aromatic heterocycles. The van der Waals surface area contributed by atoms with Crippen LogP contribution in [-0.2, 0) is 0 Å². The van der Waals surface area contributed by atoms with Gasteiger partial charge in [0, 0.05) is 18.6 Å². The van der Waals surface area contributed by atoms with Crippen molar-refractivity contribution in [3.05, 3.63) is 0 Å². The molecule has 0 aromatic carbocycles. The Morgan fingerprint density at radius 1 is 1.20 bits per heavy atom. The zero-order valence-corrected chi connectivity index (χ0v) is 10.9. The molecule has 1 unspecified atom stereocenters. The zero-order valence-electron chi connectivity index (χ0n) is 10.9. The maximum absolute atomic E-state index is 3.73. The summed E-state index contributed by atoms with van der Waals surface area (Å²) in [5.74, 6) is 0.957. The van der Waals surface area contributed by atoms with Crippen LogP contribution in [0.5, 0.6) is 0 Å². The molecule has 0 aliphatic heterocycles. The van der Waals surface area contributed by atoms with Crippen LogP contribution in [0.3, 0.4) is 0 Å². The van der Waals surface area contributed by atoms with Crippen molar-refractivity contribution in [3.8, 4) is 0 Å². The predicted octanol–water partition coefficient (Wildman–Crippen LogP) is 2.49. The summed E-state index contributed by atoms with van der Waals surface area (Å²) in [6, 6.07) is 1.49. The second-order valence-corrected chi connectivity index (χ2v) is 5.39. The van der Waals surface area contributed by atoms with Crippen molar-refractivity contribution in [1.82, 2.24) is 10.2 Å². The summed E-state index contributed by atoms with van der Waals surface area (Å²) < 4.78 is 0. The summed E-state index contributed by atoms with van der Waals surface area (Å²) in [7, 11) is 4.36. The third kappa shape index (κ3) is 4.52. The van der Waals surface area contributed by atoms with Crippen molar-refractivity contribution in [1.29, 1.82) is 0 Å². The van der Waals surface area contributed by atoms with E-state index in [1.165, 1.54) is 32.1 Å². The first kappa shape index (κ1) is 13.0. The smallest absolute Gasteiger partial charge is 0.0212 e. The Morgan fingerprint density at radius 2 is 1.80 bits per heavy atom. The molecular formula is C13H28N2. The first-order valence-electron chi connectivity index (χ1n) is 6.53. The SMILES string of the molecule is CCC(CNC1CCC(C)CC1)N(C)C. The minimum absolute atomic E-state index is 0.698. The van der Waals surface area contributed by atoms with Gasteiger partial charge in [0.15, 0.2) is 0 Å². The van der Waals surface area contributed by atoms with Crippen LogP contribution in [0.25, 0.3) is 0 Å². The lowest BCUT2D eigenvalue weighted by atomic mass is 9.87. The van der Waals surface area contributed by atoms with Gasteiger partial charge in [-0.3, -0.25) is 0 Å². The van der Waals surface area contributed by atoms with Gasteiger partial charge in [0.05, 0.1) is 0 Å². The van der Waals surface area contributed by atoms with Crippen molar-refractivity contribution in [3.63, 3.8) is 0 Å². The summed E-state index contributed by atoms with van der Waals surface area (Å²) >= 11 is 0. The van der Waals surface area contributed by atoms with Gasteiger partial charge < -0.3 is 10.2 Å². The van der Waals surface area contributed by atoms with E-state index >= 15 is 0 Å². The average molecular weight is 212 g/mol. The molecule has 0 spiro atoms. The van der Waals surface area contributed by atoms with Gasteiger partial charge in [0.2, 0.25) is 0 Å². The molecule has 1 fully saturated rings. The summed E-state index contributed by atoms with van der Waals surface area (Å²) in [6.07, 6.45) is 6.83. The molecule has 1 rings (SSSR count). The highest BCUT2D eigenvalue weighted by atomic mass is 15.1. The molecule has 1 atom stereocenters. The fourth-order valence-corrected chi connectivity index (χ4v) is 2.46. The molecule has 2 heteroatoms. The van der Waals surface area contributed by atoms with E-state index in [0.717, 1.165) is 18.5 Å². The molecular weight excluding hydrogens is 184 g/mol. The number of rotatable bonds is 5. The van der Waals surface area contributed by atoms with Gasteiger partial charge in [-0.05, 0) is 52.1 Å². The normalized spacial score (nSPS) is 29.4. The third-order valence-electron chi connectivity index (χ3n) is 3.86. The van der Waals surface area contributed by atoms with Crippen LogP contribution in [0.15, 0.2) is 0 Å². The van der Waals surface area contributed by atoms with Crippen LogP contribution in [0.4, 0.5) is 0 Å². The van der Waals surface area contributed by atoms with E-state index in [0.29, 0.717) is 6.04 Å². The highest BCUT2D eigenvalue weighted by Crippen LogP contribution is 2.23. The van der Waals surface area contributed by atoms with Crippen molar-refractivity contribution >= 4 is 0 Å². The quantitative estimate of drug-likeness (QED) is 0.753. The molecule has 1 aliphatic rings. The minimum Gasteiger partial charge on any atom is -0.312 e. The maximum atomic E-state index is 3.73. The highest BCUT2D eigenvalue weighted by Gasteiger charge is 2.18. The van der Waals surface area contributed by atoms with E-state index in [1.807, 2.05) is 0 Å². The van der Waals surface area contributed by atoms with Crippen LogP contribution < -0.4 is 5.32 Å². The topological polar surface area (TPSA) is 15.3 Å². The van der Waals surface area contributed by atoms with Gasteiger partial charge in [0.1, 0.15) is 0 Å². The highest BCUT2D eigenvalue weighted by molar-refractivity contribution is 4.77. The number of hydrogen-bond acceptors (Lipinski definition) is 2. The number of nitrogens with one attached hydrogen (secondary N) is 1. The lowest BCUT2D eigenvalue weighted by Crippen LogP contribution is -2.42. The Kier molecular flexibility index (Phi) is 5.62. The van der Waals surface area contributed by atoms with E-state index in [1.54, 1.807) is 0 Å². The Balaban J connectivity index is 2.18. The van der Waals surface area contributed by atoms with E-state index in [-0.39, 0.29) is 0 Å². The first-order valence-corrected chi connectivity index (χ1v) is 6.53. The molecule has 0 amide bonds. The van der Waals surface area contributed by atoms with Crippen LogP contribution in [0.1, 0.15) is 46.0 Å². The Hall–Kier alpha value is -0.0800. The summed E-state index contributed by atoms with van der Waals surface area (Å²) in [5.41, 5.74) is 0. The largest absolute Gasteiger partial charge is 0.312 e. The lowest BCUT2D eigenvalue weighted by Gasteiger charge is -2.30. The molecule has 0 heterocycles. The lowest BCUT2D eigenvalue weighted by molar-refractivity contribution is 0.244. The second-order valence-electron chi connectivity index (χ2n) is 5.39. The van der Waals surface area contributed by atoms with Gasteiger partial charge in [-0.25, -0.2) is 0 Å². The second kappa shape index (κ2) is 6.49. The van der Waals surface area contributed by atoms with Crippen molar-refractivity contribution in [2.24, 2.45) is 5.92 Å². The van der Waals surface area contributed by atoms with Crippen LogP contribution in [-0.4, -0.2) is 37.6 Å². The van der Waals surface area contributed by atoms with Crippen molar-refractivity contribution in [2.75, 3.05) is 20.6 Å². The zero-order chi connectivity index (χ0) is 11.3. The minimum atomic E-state index is 0.698. The molecule has 90 valence electrons. The molecule has 0 aromatic rings. The van der Waals surface area contributed by atoms with Gasteiger partial charge in [-0.2, -0.15) is 0 Å². The third-order valence-corrected chi connectivity index (χ3v) is 3.86. The fourth-order valence-electron chi connectivity index (χ4n) is 2.46.